The molecule has 0 aromatic carbocycles. The maximum atomic E-state index is 12.3. The Kier molecular flexibility index (Phi) is 3.70. The van der Waals surface area contributed by atoms with Crippen LogP contribution in [0.5, 0.6) is 0 Å². The zero-order chi connectivity index (χ0) is 14.2. The van der Waals surface area contributed by atoms with E-state index < -0.39 is 0 Å². The van der Waals surface area contributed by atoms with Gasteiger partial charge in [-0.15, -0.1) is 21.5 Å². The molecule has 110 valence electrons. The van der Waals surface area contributed by atoms with Crippen LogP contribution in [0.1, 0.15) is 28.9 Å². The lowest BCUT2D eigenvalue weighted by molar-refractivity contribution is 0.0935. The Morgan fingerprint density at radius 3 is 3.10 bits per heavy atom. The molecule has 4 heterocycles. The molecule has 0 spiro atoms. The first-order chi connectivity index (χ1) is 10.3. The minimum absolute atomic E-state index is 0.0449. The van der Waals surface area contributed by atoms with E-state index >= 15 is 0 Å². The molecule has 8 heteroatoms. The fourth-order valence-corrected chi connectivity index (χ4v) is 5.75. The van der Waals surface area contributed by atoms with Gasteiger partial charge in [0.1, 0.15) is 5.51 Å². The quantitative estimate of drug-likeness (QED) is 0.896. The van der Waals surface area contributed by atoms with E-state index in [0.29, 0.717) is 12.1 Å². The molecule has 21 heavy (non-hydrogen) atoms. The highest BCUT2D eigenvalue weighted by atomic mass is 32.2. The standard InChI is InChI=1S/C13H14N4OS3/c18-12(16-9-5-7-1-2-8(9)15-7)10-3-4-11(20-10)21-13-17-14-6-19-13/h3-4,6-9,15H,1-2,5H2,(H,16,18). The Labute approximate surface area is 134 Å². The van der Waals surface area contributed by atoms with E-state index in [1.807, 2.05) is 12.1 Å². The number of carbonyl (C=O) groups is 1. The summed E-state index contributed by atoms with van der Waals surface area (Å²) in [5.74, 6) is 0.0449. The molecule has 2 aromatic heterocycles. The van der Waals surface area contributed by atoms with E-state index in [0.717, 1.165) is 19.8 Å². The zero-order valence-corrected chi connectivity index (χ0v) is 13.6. The molecule has 2 aliphatic heterocycles. The van der Waals surface area contributed by atoms with E-state index in [1.54, 1.807) is 17.3 Å². The van der Waals surface area contributed by atoms with Gasteiger partial charge in [-0.2, -0.15) is 0 Å². The van der Waals surface area contributed by atoms with Crippen molar-refractivity contribution in [3.05, 3.63) is 22.5 Å². The average Bonchev–Trinajstić information content (AvgIpc) is 3.24. The fourth-order valence-electron chi connectivity index (χ4n) is 3.01. The van der Waals surface area contributed by atoms with Gasteiger partial charge in [0, 0.05) is 18.1 Å². The number of aromatic nitrogens is 2. The van der Waals surface area contributed by atoms with Crippen LogP contribution >= 0.6 is 34.4 Å². The number of thiophene rings is 1. The summed E-state index contributed by atoms with van der Waals surface area (Å²) in [6.07, 6.45) is 3.49. The Bertz CT molecular complexity index is 642. The van der Waals surface area contributed by atoms with Crippen molar-refractivity contribution in [2.45, 2.75) is 45.9 Å². The van der Waals surface area contributed by atoms with Gasteiger partial charge in [0.05, 0.1) is 9.09 Å². The van der Waals surface area contributed by atoms with Crippen molar-refractivity contribution < 1.29 is 4.79 Å². The monoisotopic (exact) mass is 338 g/mol. The molecular formula is C13H14N4OS3. The van der Waals surface area contributed by atoms with E-state index in [1.165, 1.54) is 35.5 Å². The van der Waals surface area contributed by atoms with E-state index in [4.69, 9.17) is 0 Å². The van der Waals surface area contributed by atoms with Crippen molar-refractivity contribution in [3.63, 3.8) is 0 Å². The lowest BCUT2D eigenvalue weighted by atomic mass is 9.95. The minimum Gasteiger partial charge on any atom is -0.347 e. The van der Waals surface area contributed by atoms with Gasteiger partial charge in [0.25, 0.3) is 5.91 Å². The third-order valence-electron chi connectivity index (χ3n) is 3.95. The minimum atomic E-state index is 0.0449. The first-order valence-corrected chi connectivity index (χ1v) is 9.40. The molecule has 3 atom stereocenters. The zero-order valence-electron chi connectivity index (χ0n) is 11.1. The third kappa shape index (κ3) is 2.85. The van der Waals surface area contributed by atoms with Gasteiger partial charge < -0.3 is 10.6 Å². The van der Waals surface area contributed by atoms with Gasteiger partial charge in [-0.25, -0.2) is 0 Å². The fraction of sp³-hybridized carbons (Fsp3) is 0.462. The summed E-state index contributed by atoms with van der Waals surface area (Å²) in [6, 6.07) is 5.23. The number of rotatable bonds is 4. The molecule has 2 bridgehead atoms. The summed E-state index contributed by atoms with van der Waals surface area (Å²) >= 11 is 4.58. The van der Waals surface area contributed by atoms with Crippen molar-refractivity contribution in [1.29, 1.82) is 0 Å². The number of fused-ring (bicyclic) bond motifs is 2. The van der Waals surface area contributed by atoms with Crippen LogP contribution in [0.25, 0.3) is 0 Å². The topological polar surface area (TPSA) is 66.9 Å². The number of nitrogens with zero attached hydrogens (tertiary/aromatic N) is 2. The van der Waals surface area contributed by atoms with E-state index in [2.05, 4.69) is 20.8 Å². The molecular weight excluding hydrogens is 324 g/mol. The van der Waals surface area contributed by atoms with Crippen molar-refractivity contribution in [2.75, 3.05) is 0 Å². The average molecular weight is 338 g/mol. The Hall–Kier alpha value is -0.960. The molecule has 1 amide bonds. The van der Waals surface area contributed by atoms with Gasteiger partial charge in [-0.05, 0) is 43.2 Å². The van der Waals surface area contributed by atoms with Crippen LogP contribution in [0.15, 0.2) is 26.2 Å². The Morgan fingerprint density at radius 1 is 1.43 bits per heavy atom. The van der Waals surface area contributed by atoms with Crippen LogP contribution in [0.2, 0.25) is 0 Å². The van der Waals surface area contributed by atoms with Crippen LogP contribution in [0, 0.1) is 0 Å². The molecule has 0 saturated carbocycles. The van der Waals surface area contributed by atoms with Crippen LogP contribution in [-0.2, 0) is 0 Å². The van der Waals surface area contributed by atoms with Crippen LogP contribution in [0.4, 0.5) is 0 Å². The maximum Gasteiger partial charge on any atom is 0.261 e. The number of nitrogens with one attached hydrogen (secondary N) is 2. The third-order valence-corrected chi connectivity index (χ3v) is 6.94. The van der Waals surface area contributed by atoms with Gasteiger partial charge in [-0.3, -0.25) is 4.79 Å². The number of hydrogen-bond donors (Lipinski definition) is 2. The van der Waals surface area contributed by atoms with Crippen molar-refractivity contribution in [1.82, 2.24) is 20.8 Å². The van der Waals surface area contributed by atoms with Crippen molar-refractivity contribution in [2.24, 2.45) is 0 Å². The normalized spacial score (nSPS) is 27.1. The highest BCUT2D eigenvalue weighted by Crippen LogP contribution is 2.34. The second-order valence-corrected chi connectivity index (χ2v) is 8.75. The first-order valence-electron chi connectivity index (χ1n) is 6.89. The second kappa shape index (κ2) is 5.68. The molecule has 4 rings (SSSR count). The Morgan fingerprint density at radius 2 is 2.38 bits per heavy atom. The molecule has 3 unspecified atom stereocenters. The lowest BCUT2D eigenvalue weighted by Crippen LogP contribution is -2.42. The molecule has 0 radical (unpaired) electrons. The molecule has 2 N–H and O–H groups in total. The second-order valence-electron chi connectivity index (χ2n) is 5.29. The molecule has 2 fully saturated rings. The number of amides is 1. The van der Waals surface area contributed by atoms with Crippen LogP contribution in [0.3, 0.4) is 0 Å². The van der Waals surface area contributed by atoms with Gasteiger partial charge >= 0.3 is 0 Å². The predicted molar refractivity (Wildman–Crippen MR) is 84.2 cm³/mol. The maximum absolute atomic E-state index is 12.3. The van der Waals surface area contributed by atoms with E-state index in [9.17, 15) is 4.79 Å². The highest BCUT2D eigenvalue weighted by Gasteiger charge is 2.39. The Balaban J connectivity index is 1.39. The predicted octanol–water partition coefficient (Wildman–Crippen LogP) is 2.37. The lowest BCUT2D eigenvalue weighted by Gasteiger charge is -2.20. The summed E-state index contributed by atoms with van der Waals surface area (Å²) in [5, 5.41) is 14.5. The highest BCUT2D eigenvalue weighted by molar-refractivity contribution is 8.02. The van der Waals surface area contributed by atoms with Gasteiger partial charge in [0.15, 0.2) is 4.34 Å². The van der Waals surface area contributed by atoms with Crippen molar-refractivity contribution in [3.8, 4) is 0 Å². The summed E-state index contributed by atoms with van der Waals surface area (Å²) < 4.78 is 1.98. The van der Waals surface area contributed by atoms with Crippen LogP contribution < -0.4 is 10.6 Å². The summed E-state index contributed by atoms with van der Waals surface area (Å²) in [6.45, 7) is 0. The largest absolute Gasteiger partial charge is 0.347 e. The molecule has 0 aliphatic carbocycles. The number of carbonyl (C=O) groups excluding carboxylic acids is 1. The summed E-state index contributed by atoms with van der Waals surface area (Å²) in [5.41, 5.74) is 1.71. The summed E-state index contributed by atoms with van der Waals surface area (Å²) in [4.78, 5) is 13.1. The van der Waals surface area contributed by atoms with Crippen LogP contribution in [-0.4, -0.2) is 34.2 Å². The molecule has 5 nitrogen and oxygen atoms in total. The van der Waals surface area contributed by atoms with E-state index in [-0.39, 0.29) is 11.9 Å². The summed E-state index contributed by atoms with van der Waals surface area (Å²) in [7, 11) is 0. The molecule has 2 saturated heterocycles. The van der Waals surface area contributed by atoms with Gasteiger partial charge in [0.2, 0.25) is 0 Å². The van der Waals surface area contributed by atoms with Crippen molar-refractivity contribution >= 4 is 40.3 Å². The first kappa shape index (κ1) is 13.7. The van der Waals surface area contributed by atoms with Gasteiger partial charge in [-0.1, -0.05) is 11.3 Å². The molecule has 2 aliphatic rings. The SMILES string of the molecule is O=C(NC1CC2CCC1N2)c1ccc(Sc2nncs2)s1. The molecule has 2 aromatic rings. The number of hydrogen-bond acceptors (Lipinski definition) is 7. The smallest absolute Gasteiger partial charge is 0.261 e.